The molecule has 1 heterocycles. The van der Waals surface area contributed by atoms with Crippen LogP contribution in [-0.2, 0) is 10.0 Å². The molecule has 9 heteroatoms. The van der Waals surface area contributed by atoms with Crippen molar-refractivity contribution in [3.8, 4) is 0 Å². The maximum absolute atomic E-state index is 13.0. The highest BCUT2D eigenvalue weighted by Gasteiger charge is 2.19. The second kappa shape index (κ2) is 6.96. The van der Waals surface area contributed by atoms with Crippen molar-refractivity contribution in [2.45, 2.75) is 11.8 Å². The van der Waals surface area contributed by atoms with Crippen molar-refractivity contribution in [1.29, 1.82) is 0 Å². The van der Waals surface area contributed by atoms with Crippen LogP contribution in [0.3, 0.4) is 0 Å². The zero-order valence-corrected chi connectivity index (χ0v) is 14.4. The van der Waals surface area contributed by atoms with E-state index in [0.717, 1.165) is 24.3 Å². The summed E-state index contributed by atoms with van der Waals surface area (Å²) in [5, 5.41) is 6.18. The Hall–Kier alpha value is -3.20. The number of para-hydroxylation sites is 1. The molecular formula is C17H14FN3O4S. The summed E-state index contributed by atoms with van der Waals surface area (Å²) in [5.41, 5.74) is 0.174. The Kier molecular flexibility index (Phi) is 4.72. The molecule has 0 spiro atoms. The van der Waals surface area contributed by atoms with Crippen LogP contribution in [0.25, 0.3) is 0 Å². The Morgan fingerprint density at radius 1 is 1.12 bits per heavy atom. The zero-order chi connectivity index (χ0) is 18.7. The molecule has 134 valence electrons. The molecule has 0 fully saturated rings. The number of nitrogens with zero attached hydrogens (tertiary/aromatic N) is 1. The van der Waals surface area contributed by atoms with Gasteiger partial charge < -0.3 is 9.84 Å². The van der Waals surface area contributed by atoms with E-state index in [0.29, 0.717) is 5.76 Å². The standard InChI is InChI=1S/C17H14FN3O4S/c1-11-10-16(20-25-11)19-17(22)14-4-2-3-5-15(14)21-26(23,24)13-8-6-12(18)7-9-13/h2-10,21H,1H3,(H,19,20,22). The smallest absolute Gasteiger partial charge is 0.261 e. The Balaban J connectivity index is 1.87. The molecule has 7 nitrogen and oxygen atoms in total. The molecule has 3 aromatic rings. The van der Waals surface area contributed by atoms with Gasteiger partial charge in [0.2, 0.25) is 0 Å². The van der Waals surface area contributed by atoms with Crippen LogP contribution in [-0.4, -0.2) is 19.5 Å². The van der Waals surface area contributed by atoms with Gasteiger partial charge in [-0.05, 0) is 43.3 Å². The number of nitrogens with one attached hydrogen (secondary N) is 2. The molecule has 0 atom stereocenters. The van der Waals surface area contributed by atoms with Gasteiger partial charge in [-0.1, -0.05) is 17.3 Å². The van der Waals surface area contributed by atoms with Crippen LogP contribution in [0.4, 0.5) is 15.9 Å². The quantitative estimate of drug-likeness (QED) is 0.713. The first-order valence-corrected chi connectivity index (χ1v) is 8.95. The number of hydrogen-bond acceptors (Lipinski definition) is 5. The maximum Gasteiger partial charge on any atom is 0.261 e. The van der Waals surface area contributed by atoms with E-state index in [-0.39, 0.29) is 22.0 Å². The van der Waals surface area contributed by atoms with Crippen LogP contribution in [0.5, 0.6) is 0 Å². The summed E-state index contributed by atoms with van der Waals surface area (Å²) >= 11 is 0. The number of hydrogen-bond donors (Lipinski definition) is 2. The van der Waals surface area contributed by atoms with Gasteiger partial charge in [0.1, 0.15) is 11.6 Å². The summed E-state index contributed by atoms with van der Waals surface area (Å²) in [6, 6.07) is 12.0. The molecule has 0 bridgehead atoms. The average Bonchev–Trinajstić information content (AvgIpc) is 3.00. The van der Waals surface area contributed by atoms with Crippen molar-refractivity contribution in [3.05, 3.63) is 71.7 Å². The molecule has 0 aliphatic rings. The topological polar surface area (TPSA) is 101 Å². The van der Waals surface area contributed by atoms with Crippen LogP contribution >= 0.6 is 0 Å². The van der Waals surface area contributed by atoms with Crippen molar-refractivity contribution in [2.75, 3.05) is 10.0 Å². The Morgan fingerprint density at radius 2 is 1.81 bits per heavy atom. The minimum absolute atomic E-state index is 0.0783. The second-order valence-electron chi connectivity index (χ2n) is 5.38. The van der Waals surface area contributed by atoms with E-state index < -0.39 is 21.7 Å². The molecule has 0 saturated heterocycles. The lowest BCUT2D eigenvalue weighted by molar-refractivity contribution is 0.102. The number of benzene rings is 2. The predicted molar refractivity (Wildman–Crippen MR) is 92.8 cm³/mol. The number of amides is 1. The number of anilines is 2. The summed E-state index contributed by atoms with van der Waals surface area (Å²) in [6.07, 6.45) is 0. The van der Waals surface area contributed by atoms with Crippen molar-refractivity contribution < 1.29 is 22.1 Å². The minimum atomic E-state index is -3.99. The van der Waals surface area contributed by atoms with Crippen molar-refractivity contribution in [2.24, 2.45) is 0 Å². The van der Waals surface area contributed by atoms with Crippen LogP contribution in [0.1, 0.15) is 16.1 Å². The van der Waals surface area contributed by atoms with Crippen LogP contribution in [0.15, 0.2) is 64.0 Å². The van der Waals surface area contributed by atoms with Gasteiger partial charge in [0.05, 0.1) is 16.1 Å². The first-order chi connectivity index (χ1) is 12.3. The number of aryl methyl sites for hydroxylation is 1. The second-order valence-corrected chi connectivity index (χ2v) is 7.06. The van der Waals surface area contributed by atoms with Gasteiger partial charge in [-0.25, -0.2) is 12.8 Å². The number of carbonyl (C=O) groups excluding carboxylic acids is 1. The lowest BCUT2D eigenvalue weighted by atomic mass is 10.1. The molecule has 0 saturated carbocycles. The fourth-order valence-electron chi connectivity index (χ4n) is 2.20. The third-order valence-corrected chi connectivity index (χ3v) is 4.79. The van der Waals surface area contributed by atoms with Gasteiger partial charge in [-0.3, -0.25) is 9.52 Å². The normalized spacial score (nSPS) is 11.2. The van der Waals surface area contributed by atoms with Crippen molar-refractivity contribution in [1.82, 2.24) is 5.16 Å². The molecule has 2 N–H and O–H groups in total. The third-order valence-electron chi connectivity index (χ3n) is 3.41. The molecule has 1 aromatic heterocycles. The van der Waals surface area contributed by atoms with Crippen LogP contribution < -0.4 is 10.0 Å². The van der Waals surface area contributed by atoms with Crippen molar-refractivity contribution in [3.63, 3.8) is 0 Å². The van der Waals surface area contributed by atoms with Gasteiger partial charge in [0.15, 0.2) is 5.82 Å². The number of sulfonamides is 1. The Morgan fingerprint density at radius 3 is 2.46 bits per heavy atom. The van der Waals surface area contributed by atoms with Gasteiger partial charge >= 0.3 is 0 Å². The van der Waals surface area contributed by atoms with E-state index in [4.69, 9.17) is 4.52 Å². The first-order valence-electron chi connectivity index (χ1n) is 7.47. The van der Waals surface area contributed by atoms with E-state index in [1.54, 1.807) is 19.1 Å². The molecule has 1 amide bonds. The molecule has 2 aromatic carbocycles. The fraction of sp³-hybridized carbons (Fsp3) is 0.0588. The highest BCUT2D eigenvalue weighted by Crippen LogP contribution is 2.21. The number of carbonyl (C=O) groups is 1. The van der Waals surface area contributed by atoms with Crippen molar-refractivity contribution >= 4 is 27.4 Å². The molecule has 26 heavy (non-hydrogen) atoms. The van der Waals surface area contributed by atoms with Gasteiger partial charge in [-0.15, -0.1) is 0 Å². The number of aromatic nitrogens is 1. The fourth-order valence-corrected chi connectivity index (χ4v) is 3.28. The van der Waals surface area contributed by atoms with E-state index in [9.17, 15) is 17.6 Å². The number of halogens is 1. The monoisotopic (exact) mass is 375 g/mol. The molecule has 0 aliphatic carbocycles. The summed E-state index contributed by atoms with van der Waals surface area (Å²) in [7, 11) is -3.99. The predicted octanol–water partition coefficient (Wildman–Crippen LogP) is 3.18. The summed E-state index contributed by atoms with van der Waals surface area (Å²) in [4.78, 5) is 12.3. The zero-order valence-electron chi connectivity index (χ0n) is 13.6. The number of rotatable bonds is 5. The largest absolute Gasteiger partial charge is 0.360 e. The summed E-state index contributed by atoms with van der Waals surface area (Å²) < 4.78 is 45.1. The van der Waals surface area contributed by atoms with E-state index in [1.165, 1.54) is 18.2 Å². The molecule has 0 radical (unpaired) electrons. The molecule has 3 rings (SSSR count). The van der Waals surface area contributed by atoms with Gasteiger partial charge in [0.25, 0.3) is 15.9 Å². The molecule has 0 aliphatic heterocycles. The Bertz CT molecular complexity index is 1050. The lowest BCUT2D eigenvalue weighted by Crippen LogP contribution is -2.18. The highest BCUT2D eigenvalue weighted by molar-refractivity contribution is 7.92. The summed E-state index contributed by atoms with van der Waals surface area (Å²) in [6.45, 7) is 1.67. The van der Waals surface area contributed by atoms with E-state index in [2.05, 4.69) is 15.2 Å². The lowest BCUT2D eigenvalue weighted by Gasteiger charge is -2.12. The van der Waals surface area contributed by atoms with Gasteiger partial charge in [0, 0.05) is 6.07 Å². The molecular weight excluding hydrogens is 361 g/mol. The maximum atomic E-state index is 13.0. The SMILES string of the molecule is Cc1cc(NC(=O)c2ccccc2NS(=O)(=O)c2ccc(F)cc2)no1. The van der Waals surface area contributed by atoms with Gasteiger partial charge in [-0.2, -0.15) is 0 Å². The van der Waals surface area contributed by atoms with E-state index >= 15 is 0 Å². The van der Waals surface area contributed by atoms with Crippen LogP contribution in [0, 0.1) is 12.7 Å². The minimum Gasteiger partial charge on any atom is -0.360 e. The Labute approximate surface area is 148 Å². The average molecular weight is 375 g/mol. The third kappa shape index (κ3) is 3.89. The first kappa shape index (κ1) is 17.6. The van der Waals surface area contributed by atoms with E-state index in [1.807, 2.05) is 0 Å². The highest BCUT2D eigenvalue weighted by atomic mass is 32.2. The molecule has 0 unspecified atom stereocenters. The summed E-state index contributed by atoms with van der Waals surface area (Å²) in [5.74, 6) is -0.378. The van der Waals surface area contributed by atoms with Crippen LogP contribution in [0.2, 0.25) is 0 Å².